The lowest BCUT2D eigenvalue weighted by molar-refractivity contribution is 0.795. The third-order valence-electron chi connectivity index (χ3n) is 7.05. The Morgan fingerprint density at radius 2 is 0.857 bits per heavy atom. The largest absolute Gasteiger partial charge is 0.328 e. The molecule has 0 spiro atoms. The third-order valence-corrected chi connectivity index (χ3v) is 7.05. The van der Waals surface area contributed by atoms with Crippen molar-refractivity contribution in [3.05, 3.63) is 138 Å². The average molecular weight is 556 g/mol. The van der Waals surface area contributed by atoms with Crippen LogP contribution in [-0.4, -0.2) is 24.1 Å². The van der Waals surface area contributed by atoms with Crippen LogP contribution in [0.3, 0.4) is 0 Å². The number of aryl methyl sites for hydroxylation is 2. The molecule has 0 saturated heterocycles. The van der Waals surface area contributed by atoms with Crippen molar-refractivity contribution in [1.82, 2.24) is 24.1 Å². The van der Waals surface area contributed by atoms with E-state index in [2.05, 4.69) is 15.0 Å². The van der Waals surface area contributed by atoms with E-state index in [9.17, 15) is 4.79 Å². The molecule has 6 nitrogen and oxygen atoms in total. The number of nitrogens with zero attached hydrogens (tertiary/aromatic N) is 5. The van der Waals surface area contributed by atoms with Gasteiger partial charge in [0.1, 0.15) is 0 Å². The van der Waals surface area contributed by atoms with Crippen molar-refractivity contribution < 1.29 is 13.7 Å². The smallest absolute Gasteiger partial charge is 0.295 e. The second-order valence-corrected chi connectivity index (χ2v) is 9.57. The molecule has 7 rings (SSSR count). The van der Waals surface area contributed by atoms with Gasteiger partial charge in [0.15, 0.2) is 17.5 Å². The van der Waals surface area contributed by atoms with Crippen LogP contribution < -0.4 is 5.69 Å². The summed E-state index contributed by atoms with van der Waals surface area (Å²) >= 11 is 0. The summed E-state index contributed by atoms with van der Waals surface area (Å²) in [7, 11) is 3.48. The second-order valence-electron chi connectivity index (χ2n) is 9.57. The number of fused-ring (bicyclic) bond motifs is 1. The molecule has 42 heavy (non-hydrogen) atoms. The highest BCUT2D eigenvalue weighted by Gasteiger charge is 2.13. The van der Waals surface area contributed by atoms with Gasteiger partial charge in [0, 0.05) is 30.8 Å². The van der Waals surface area contributed by atoms with Crippen molar-refractivity contribution in [1.29, 1.82) is 0 Å². The SMILES string of the molecule is [2H]c1c([2H])c([2H])c(-c2nc(-c3ccc(-c4ccc(-c5ccc6c(c5)n(C)c(=O)n6C)cc4)cc3)nc(-c3c([2H])c([2H])c([2H])c([2H])c3[2H])n2)c([2H])c1[2H]. The summed E-state index contributed by atoms with van der Waals surface area (Å²) in [6.07, 6.45) is 0. The number of benzene rings is 5. The van der Waals surface area contributed by atoms with Crippen LogP contribution >= 0.6 is 0 Å². The van der Waals surface area contributed by atoms with Gasteiger partial charge in [-0.1, -0.05) is 115 Å². The lowest BCUT2D eigenvalue weighted by atomic mass is 9.99. The number of rotatable bonds is 5. The lowest BCUT2D eigenvalue weighted by Gasteiger charge is -2.09. The summed E-state index contributed by atoms with van der Waals surface area (Å²) in [5.74, 6) is -0.652. The Morgan fingerprint density at radius 1 is 0.476 bits per heavy atom. The zero-order valence-electron chi connectivity index (χ0n) is 32.5. The molecule has 0 aliphatic heterocycles. The van der Waals surface area contributed by atoms with Crippen LogP contribution in [0.4, 0.5) is 0 Å². The van der Waals surface area contributed by atoms with Crippen molar-refractivity contribution in [3.63, 3.8) is 0 Å². The van der Waals surface area contributed by atoms with Gasteiger partial charge < -0.3 is 0 Å². The topological polar surface area (TPSA) is 65.6 Å². The van der Waals surface area contributed by atoms with Crippen molar-refractivity contribution in [2.75, 3.05) is 0 Å². The number of hydrogen-bond acceptors (Lipinski definition) is 4. The lowest BCUT2D eigenvalue weighted by Crippen LogP contribution is -2.19. The van der Waals surface area contributed by atoms with Crippen molar-refractivity contribution in [2.45, 2.75) is 0 Å². The summed E-state index contributed by atoms with van der Waals surface area (Å²) in [4.78, 5) is 25.6. The van der Waals surface area contributed by atoms with Crippen molar-refractivity contribution >= 4 is 11.0 Å². The minimum absolute atomic E-state index is 0.00813. The van der Waals surface area contributed by atoms with Gasteiger partial charge >= 0.3 is 5.69 Å². The van der Waals surface area contributed by atoms with E-state index >= 15 is 0 Å². The molecule has 0 fully saturated rings. The zero-order valence-corrected chi connectivity index (χ0v) is 22.5. The number of hydrogen-bond donors (Lipinski definition) is 0. The van der Waals surface area contributed by atoms with E-state index in [1.807, 2.05) is 54.6 Å². The minimum Gasteiger partial charge on any atom is -0.295 e. The molecule has 0 unspecified atom stereocenters. The fraction of sp³-hybridized carbons (Fsp3) is 0.0556. The monoisotopic (exact) mass is 555 g/mol. The second kappa shape index (κ2) is 10.4. The van der Waals surface area contributed by atoms with Gasteiger partial charge in [-0.25, -0.2) is 19.7 Å². The Morgan fingerprint density at radius 3 is 1.36 bits per heavy atom. The van der Waals surface area contributed by atoms with Gasteiger partial charge in [0.05, 0.1) is 24.7 Å². The Bertz CT molecular complexity index is 2530. The van der Waals surface area contributed by atoms with Gasteiger partial charge in [0.2, 0.25) is 0 Å². The van der Waals surface area contributed by atoms with Crippen LogP contribution in [0.15, 0.2) is 132 Å². The molecular weight excluding hydrogens is 518 g/mol. The summed E-state index contributed by atoms with van der Waals surface area (Å²) in [6.45, 7) is 0. The molecule has 0 atom stereocenters. The van der Waals surface area contributed by atoms with E-state index in [1.54, 1.807) is 35.4 Å². The first-order valence-electron chi connectivity index (χ1n) is 18.0. The van der Waals surface area contributed by atoms with Gasteiger partial charge in [-0.05, 0) is 34.4 Å². The molecule has 0 aliphatic carbocycles. The molecule has 0 N–H and O–H groups in total. The Balaban J connectivity index is 1.31. The van der Waals surface area contributed by atoms with Gasteiger partial charge in [-0.3, -0.25) is 9.13 Å². The minimum atomic E-state index is -0.607. The van der Waals surface area contributed by atoms with E-state index in [4.69, 9.17) is 13.7 Å². The van der Waals surface area contributed by atoms with E-state index in [-0.39, 0.29) is 34.3 Å². The van der Waals surface area contributed by atoms with Gasteiger partial charge in [-0.2, -0.15) is 0 Å². The fourth-order valence-electron chi connectivity index (χ4n) is 4.81. The van der Waals surface area contributed by atoms with E-state index in [0.717, 1.165) is 33.3 Å². The molecule has 0 radical (unpaired) electrons. The molecule has 2 heterocycles. The Kier molecular flexibility index (Phi) is 4.11. The molecule has 0 aliphatic rings. The van der Waals surface area contributed by atoms with Crippen LogP contribution in [0.25, 0.3) is 67.5 Å². The molecule has 0 amide bonds. The Labute approximate surface area is 257 Å². The molecule has 2 aromatic heterocycles. The van der Waals surface area contributed by atoms with Crippen LogP contribution in [0.5, 0.6) is 0 Å². The first kappa shape index (κ1) is 16.6. The predicted molar refractivity (Wildman–Crippen MR) is 169 cm³/mol. The molecule has 5 aromatic carbocycles. The highest BCUT2D eigenvalue weighted by Crippen LogP contribution is 2.29. The molecular formula is C36H27N5O. The maximum Gasteiger partial charge on any atom is 0.328 e. The van der Waals surface area contributed by atoms with E-state index in [0.29, 0.717) is 5.56 Å². The van der Waals surface area contributed by atoms with Crippen LogP contribution in [0, 0.1) is 0 Å². The quantitative estimate of drug-likeness (QED) is 0.222. The van der Waals surface area contributed by atoms with Crippen LogP contribution in [0.1, 0.15) is 13.7 Å². The van der Waals surface area contributed by atoms with Crippen LogP contribution in [0.2, 0.25) is 0 Å². The normalized spacial score (nSPS) is 14.5. The Hall–Kier alpha value is -5.62. The van der Waals surface area contributed by atoms with Gasteiger partial charge in [0.25, 0.3) is 0 Å². The number of imidazole rings is 1. The average Bonchev–Trinajstić information content (AvgIpc) is 3.37. The van der Waals surface area contributed by atoms with Crippen molar-refractivity contribution in [3.8, 4) is 56.4 Å². The van der Waals surface area contributed by atoms with Crippen LogP contribution in [-0.2, 0) is 14.1 Å². The maximum absolute atomic E-state index is 12.4. The molecule has 202 valence electrons. The summed E-state index contributed by atoms with van der Waals surface area (Å²) in [5.41, 5.74) is 5.02. The summed E-state index contributed by atoms with van der Waals surface area (Å²) in [5, 5.41) is 0. The first-order chi connectivity index (χ1) is 24.7. The molecule has 0 saturated carbocycles. The van der Waals surface area contributed by atoms with E-state index < -0.39 is 60.4 Å². The predicted octanol–water partition coefficient (Wildman–Crippen LogP) is 7.40. The molecule has 6 heteroatoms. The maximum atomic E-state index is 12.4. The first-order valence-corrected chi connectivity index (χ1v) is 13.0. The molecule has 0 bridgehead atoms. The highest BCUT2D eigenvalue weighted by molar-refractivity contribution is 5.83. The standard InChI is InChI=1S/C36H27N5O/c1-40-31-22-21-30(23-32(31)41(2)36(40)42)26-15-13-24(14-16-26)25-17-19-29(20-18-25)35-38-33(27-9-5-3-6-10-27)37-34(39-35)28-11-7-4-8-12-28/h3-23H,1-2H3/i3D,4D,5D,6D,7D,8D,9D,10D,11D,12D. The van der Waals surface area contributed by atoms with Gasteiger partial charge in [-0.15, -0.1) is 0 Å². The highest BCUT2D eigenvalue weighted by atomic mass is 16.1. The van der Waals surface area contributed by atoms with E-state index in [1.165, 1.54) is 0 Å². The summed E-state index contributed by atoms with van der Waals surface area (Å²) in [6, 6.07) is 15.0. The number of aromatic nitrogens is 5. The summed E-state index contributed by atoms with van der Waals surface area (Å²) < 4.78 is 85.9. The molecule has 7 aromatic rings. The third kappa shape index (κ3) is 4.59. The fourth-order valence-corrected chi connectivity index (χ4v) is 4.81. The van der Waals surface area contributed by atoms with Crippen molar-refractivity contribution in [2.24, 2.45) is 14.1 Å². The zero-order chi connectivity index (χ0) is 37.3.